The fourth-order valence-electron chi connectivity index (χ4n) is 2.47. The quantitative estimate of drug-likeness (QED) is 0.256. The molecule has 0 fully saturated rings. The molecule has 0 saturated heterocycles. The van der Waals surface area contributed by atoms with E-state index < -0.39 is 0 Å². The minimum Gasteiger partial charge on any atom is -0.493 e. The van der Waals surface area contributed by atoms with Crippen molar-refractivity contribution in [2.24, 2.45) is 5.10 Å². The van der Waals surface area contributed by atoms with Crippen LogP contribution in [0.3, 0.4) is 0 Å². The van der Waals surface area contributed by atoms with Gasteiger partial charge in [-0.05, 0) is 36.6 Å². The van der Waals surface area contributed by atoms with Gasteiger partial charge in [-0.15, -0.1) is 0 Å². The lowest BCUT2D eigenvalue weighted by molar-refractivity contribution is 0.0605. The van der Waals surface area contributed by atoms with Gasteiger partial charge in [0.2, 0.25) is 5.13 Å². The number of carbonyl (C=O) groups excluding carboxylic acids is 1. The normalized spacial score (nSPS) is 10.9. The first-order chi connectivity index (χ1) is 13.6. The van der Waals surface area contributed by atoms with E-state index in [1.807, 2.05) is 25.1 Å². The van der Waals surface area contributed by atoms with E-state index >= 15 is 0 Å². The minimum atomic E-state index is -0.384. The molecule has 0 saturated carbocycles. The number of unbranched alkanes of at least 4 members (excludes halogenated alkanes) is 2. The number of aryl methyl sites for hydroxylation is 1. The van der Waals surface area contributed by atoms with Crippen molar-refractivity contribution in [3.63, 3.8) is 0 Å². The Labute approximate surface area is 169 Å². The second kappa shape index (κ2) is 11.3. The number of carbonyl (C=O) groups is 1. The average molecular weight is 406 g/mol. The van der Waals surface area contributed by atoms with Gasteiger partial charge in [-0.1, -0.05) is 38.0 Å². The molecule has 0 amide bonds. The monoisotopic (exact) mass is 405 g/mol. The largest absolute Gasteiger partial charge is 0.493 e. The first-order valence-corrected chi connectivity index (χ1v) is 10.1. The van der Waals surface area contributed by atoms with Crippen LogP contribution < -0.4 is 14.9 Å². The highest BCUT2D eigenvalue weighted by atomic mass is 32.1. The van der Waals surface area contributed by atoms with Gasteiger partial charge < -0.3 is 14.2 Å². The number of hydrogen-bond donors (Lipinski definition) is 1. The predicted octanol–water partition coefficient (Wildman–Crippen LogP) is 4.52. The highest BCUT2D eigenvalue weighted by Crippen LogP contribution is 2.28. The number of methoxy groups -OCH3 is 2. The zero-order valence-corrected chi connectivity index (χ0v) is 17.6. The Bertz CT molecular complexity index is 805. The molecule has 1 aromatic carbocycles. The van der Waals surface area contributed by atoms with Gasteiger partial charge in [0.25, 0.3) is 0 Å². The van der Waals surface area contributed by atoms with E-state index in [0.717, 1.165) is 30.6 Å². The van der Waals surface area contributed by atoms with Gasteiger partial charge in [-0.2, -0.15) is 5.10 Å². The summed E-state index contributed by atoms with van der Waals surface area (Å²) < 4.78 is 16.0. The van der Waals surface area contributed by atoms with Gasteiger partial charge in [0.1, 0.15) is 4.88 Å². The van der Waals surface area contributed by atoms with Crippen LogP contribution in [0.4, 0.5) is 5.13 Å². The van der Waals surface area contributed by atoms with E-state index in [4.69, 9.17) is 14.2 Å². The van der Waals surface area contributed by atoms with E-state index in [0.29, 0.717) is 34.5 Å². The Balaban J connectivity index is 2.02. The maximum Gasteiger partial charge on any atom is 0.350 e. The van der Waals surface area contributed by atoms with Crippen molar-refractivity contribution >= 4 is 28.7 Å². The molecule has 0 unspecified atom stereocenters. The third-order valence-electron chi connectivity index (χ3n) is 3.97. The molecular weight excluding hydrogens is 378 g/mol. The molecule has 0 atom stereocenters. The molecule has 28 heavy (non-hydrogen) atoms. The van der Waals surface area contributed by atoms with Crippen molar-refractivity contribution in [3.8, 4) is 11.5 Å². The van der Waals surface area contributed by atoms with Crippen molar-refractivity contribution in [1.82, 2.24) is 4.98 Å². The van der Waals surface area contributed by atoms with Crippen LogP contribution in [0.5, 0.6) is 11.5 Å². The standard InChI is InChI=1S/C20H27N3O4S/c1-5-7-8-11-27-16-10-9-14(12-17(16)25-3)13-21-23-20-22-15(6-2)18(28-20)19(24)26-4/h9-10,12-13H,5-8,11H2,1-4H3,(H,22,23)/b21-13-. The first-order valence-electron chi connectivity index (χ1n) is 9.30. The number of hydrazone groups is 1. The maximum atomic E-state index is 11.8. The molecule has 2 rings (SSSR count). The fraction of sp³-hybridized carbons (Fsp3) is 0.450. The summed E-state index contributed by atoms with van der Waals surface area (Å²) in [6.45, 7) is 4.77. The van der Waals surface area contributed by atoms with Crippen LogP contribution in [0.1, 0.15) is 54.0 Å². The van der Waals surface area contributed by atoms with E-state index in [9.17, 15) is 4.79 Å². The number of anilines is 1. The molecule has 0 aliphatic carbocycles. The number of nitrogens with zero attached hydrogens (tertiary/aromatic N) is 2. The summed E-state index contributed by atoms with van der Waals surface area (Å²) in [5.41, 5.74) is 4.41. The molecule has 7 nitrogen and oxygen atoms in total. The lowest BCUT2D eigenvalue weighted by Gasteiger charge is -2.11. The minimum absolute atomic E-state index is 0.384. The first kappa shape index (κ1) is 21.7. The third-order valence-corrected chi connectivity index (χ3v) is 4.95. The van der Waals surface area contributed by atoms with Crippen LogP contribution >= 0.6 is 11.3 Å². The van der Waals surface area contributed by atoms with Crippen molar-refractivity contribution < 1.29 is 19.0 Å². The van der Waals surface area contributed by atoms with Crippen molar-refractivity contribution in [1.29, 1.82) is 0 Å². The van der Waals surface area contributed by atoms with Gasteiger partial charge >= 0.3 is 5.97 Å². The molecule has 1 aromatic heterocycles. The van der Waals surface area contributed by atoms with Gasteiger partial charge in [0.15, 0.2) is 11.5 Å². The summed E-state index contributed by atoms with van der Waals surface area (Å²) in [6, 6.07) is 5.64. The summed E-state index contributed by atoms with van der Waals surface area (Å²) in [5, 5.41) is 4.74. The highest BCUT2D eigenvalue weighted by Gasteiger charge is 2.17. The molecule has 1 heterocycles. The Morgan fingerprint density at radius 1 is 1.25 bits per heavy atom. The lowest BCUT2D eigenvalue weighted by Crippen LogP contribution is -2.01. The summed E-state index contributed by atoms with van der Waals surface area (Å²) in [6.07, 6.45) is 5.63. The summed E-state index contributed by atoms with van der Waals surface area (Å²) >= 11 is 1.22. The molecule has 8 heteroatoms. The maximum absolute atomic E-state index is 11.8. The van der Waals surface area contributed by atoms with Crippen LogP contribution in [-0.2, 0) is 11.2 Å². The number of thiazole rings is 1. The number of benzene rings is 1. The SMILES string of the molecule is CCCCCOc1ccc(/C=N\Nc2nc(CC)c(C(=O)OC)s2)cc1OC. The van der Waals surface area contributed by atoms with Crippen LogP contribution in [0.2, 0.25) is 0 Å². The molecule has 2 aromatic rings. The molecule has 0 aliphatic heterocycles. The molecule has 0 aliphatic rings. The second-order valence-corrected chi connectivity index (χ2v) is 6.97. The number of rotatable bonds is 11. The molecule has 0 bridgehead atoms. The summed E-state index contributed by atoms with van der Waals surface area (Å²) in [7, 11) is 2.97. The number of aromatic nitrogens is 1. The summed E-state index contributed by atoms with van der Waals surface area (Å²) in [4.78, 5) is 16.6. The van der Waals surface area contributed by atoms with Gasteiger partial charge in [-0.25, -0.2) is 9.78 Å². The number of nitrogens with one attached hydrogen (secondary N) is 1. The zero-order valence-electron chi connectivity index (χ0n) is 16.8. The van der Waals surface area contributed by atoms with E-state index in [-0.39, 0.29) is 5.97 Å². The number of ether oxygens (including phenoxy) is 3. The van der Waals surface area contributed by atoms with Crippen molar-refractivity contribution in [2.45, 2.75) is 39.5 Å². The second-order valence-electron chi connectivity index (χ2n) is 5.98. The van der Waals surface area contributed by atoms with Gasteiger partial charge in [0, 0.05) is 0 Å². The van der Waals surface area contributed by atoms with Crippen LogP contribution in [0.25, 0.3) is 0 Å². The van der Waals surface area contributed by atoms with E-state index in [1.165, 1.54) is 18.4 Å². The lowest BCUT2D eigenvalue weighted by atomic mass is 10.2. The number of esters is 1. The van der Waals surface area contributed by atoms with Crippen LogP contribution in [0.15, 0.2) is 23.3 Å². The van der Waals surface area contributed by atoms with Crippen molar-refractivity contribution in [3.05, 3.63) is 34.3 Å². The average Bonchev–Trinajstić information content (AvgIpc) is 3.14. The molecule has 0 radical (unpaired) electrons. The molecular formula is C20H27N3O4S. The third kappa shape index (κ3) is 5.95. The van der Waals surface area contributed by atoms with Crippen molar-refractivity contribution in [2.75, 3.05) is 26.3 Å². The van der Waals surface area contributed by atoms with E-state index in [2.05, 4.69) is 22.4 Å². The Morgan fingerprint density at radius 3 is 2.75 bits per heavy atom. The van der Waals surface area contributed by atoms with E-state index in [1.54, 1.807) is 13.3 Å². The topological polar surface area (TPSA) is 82.0 Å². The fourth-order valence-corrected chi connectivity index (χ4v) is 3.39. The Hall–Kier alpha value is -2.61. The molecule has 0 spiro atoms. The smallest absolute Gasteiger partial charge is 0.350 e. The van der Waals surface area contributed by atoms with Crippen LogP contribution in [-0.4, -0.2) is 38.0 Å². The molecule has 152 valence electrons. The van der Waals surface area contributed by atoms with Gasteiger partial charge in [-0.3, -0.25) is 5.43 Å². The van der Waals surface area contributed by atoms with Crippen LogP contribution in [0, 0.1) is 0 Å². The Kier molecular flexibility index (Phi) is 8.74. The molecule has 1 N–H and O–H groups in total. The van der Waals surface area contributed by atoms with Gasteiger partial charge in [0.05, 0.1) is 32.7 Å². The summed E-state index contributed by atoms with van der Waals surface area (Å²) in [5.74, 6) is 1.00. The zero-order chi connectivity index (χ0) is 20.4. The highest BCUT2D eigenvalue weighted by molar-refractivity contribution is 7.17. The number of hydrogen-bond acceptors (Lipinski definition) is 8. The predicted molar refractivity (Wildman–Crippen MR) is 112 cm³/mol. The Morgan fingerprint density at radius 2 is 2.07 bits per heavy atom.